The number of carbonyl (C=O) groups is 3. The summed E-state index contributed by atoms with van der Waals surface area (Å²) in [6, 6.07) is 11.1. The Labute approximate surface area is 148 Å². The smallest absolute Gasteiger partial charge is 0.335 e. The van der Waals surface area contributed by atoms with Crippen molar-refractivity contribution in [3.63, 3.8) is 0 Å². The van der Waals surface area contributed by atoms with Crippen molar-refractivity contribution in [2.24, 2.45) is 0 Å². The van der Waals surface area contributed by atoms with Crippen molar-refractivity contribution in [2.75, 3.05) is 10.6 Å². The molecule has 126 valence electrons. The van der Waals surface area contributed by atoms with Gasteiger partial charge in [-0.05, 0) is 35.9 Å². The predicted octanol–water partition coefficient (Wildman–Crippen LogP) is 3.40. The van der Waals surface area contributed by atoms with Crippen LogP contribution in [0.1, 0.15) is 28.4 Å². The van der Waals surface area contributed by atoms with Gasteiger partial charge in [-0.2, -0.15) is 0 Å². The molecule has 0 bridgehead atoms. The third kappa shape index (κ3) is 3.25. The monoisotopic (exact) mass is 356 g/mol. The maximum atomic E-state index is 12.3. The Bertz CT molecular complexity index is 933. The van der Waals surface area contributed by atoms with Crippen LogP contribution in [-0.4, -0.2) is 22.9 Å². The molecule has 0 fully saturated rings. The lowest BCUT2D eigenvalue weighted by molar-refractivity contribution is -0.114. The van der Waals surface area contributed by atoms with Gasteiger partial charge >= 0.3 is 5.97 Å². The molecule has 3 N–H and O–H groups in total. The fourth-order valence-electron chi connectivity index (χ4n) is 2.57. The molecular weight excluding hydrogens is 344 g/mol. The van der Waals surface area contributed by atoms with E-state index < -0.39 is 11.9 Å². The Balaban J connectivity index is 2.05. The highest BCUT2D eigenvalue weighted by atomic mass is 35.5. The lowest BCUT2D eigenvalue weighted by Gasteiger charge is -2.07. The highest BCUT2D eigenvalue weighted by molar-refractivity contribution is 6.59. The standard InChI is InChI=1S/C18H13ClN2O4/c1-9(22)20-12-5-2-10(3-6-12)16(19)15-13-8-11(18(24)25)4-7-14(13)21-17(15)23/h2-8H,1H3,(H,20,22)(H,21,23)(H,24,25)/b16-15-. The summed E-state index contributed by atoms with van der Waals surface area (Å²) in [4.78, 5) is 34.5. The van der Waals surface area contributed by atoms with Gasteiger partial charge in [-0.15, -0.1) is 0 Å². The number of benzene rings is 2. The van der Waals surface area contributed by atoms with E-state index >= 15 is 0 Å². The predicted molar refractivity (Wildman–Crippen MR) is 95.4 cm³/mol. The van der Waals surface area contributed by atoms with E-state index in [9.17, 15) is 14.4 Å². The number of fused-ring (bicyclic) bond motifs is 1. The molecule has 2 aromatic rings. The van der Waals surface area contributed by atoms with Gasteiger partial charge < -0.3 is 15.7 Å². The largest absolute Gasteiger partial charge is 0.478 e. The molecule has 25 heavy (non-hydrogen) atoms. The Morgan fingerprint density at radius 2 is 1.72 bits per heavy atom. The maximum absolute atomic E-state index is 12.3. The molecule has 6 nitrogen and oxygen atoms in total. The number of anilines is 2. The van der Waals surface area contributed by atoms with Crippen molar-refractivity contribution in [1.29, 1.82) is 0 Å². The fraction of sp³-hybridized carbons (Fsp3) is 0.0556. The van der Waals surface area contributed by atoms with Gasteiger partial charge in [0.2, 0.25) is 5.91 Å². The topological polar surface area (TPSA) is 95.5 Å². The Morgan fingerprint density at radius 3 is 2.32 bits per heavy atom. The SMILES string of the molecule is CC(=O)Nc1ccc(/C(Cl)=C2/C(=O)Nc3ccc(C(=O)O)cc32)cc1. The molecule has 0 radical (unpaired) electrons. The summed E-state index contributed by atoms with van der Waals surface area (Å²) < 4.78 is 0. The summed E-state index contributed by atoms with van der Waals surface area (Å²) in [6.45, 7) is 1.41. The zero-order chi connectivity index (χ0) is 18.1. The molecular formula is C18H13ClN2O4. The molecule has 2 aromatic carbocycles. The van der Waals surface area contributed by atoms with Crippen molar-refractivity contribution >= 4 is 51.4 Å². The number of hydrogen-bond acceptors (Lipinski definition) is 3. The van der Waals surface area contributed by atoms with Gasteiger partial charge in [0, 0.05) is 23.9 Å². The zero-order valence-electron chi connectivity index (χ0n) is 13.1. The molecule has 0 spiro atoms. The van der Waals surface area contributed by atoms with E-state index in [1.54, 1.807) is 24.3 Å². The first kappa shape index (κ1) is 16.7. The molecule has 0 atom stereocenters. The lowest BCUT2D eigenvalue weighted by Crippen LogP contribution is -2.06. The van der Waals surface area contributed by atoms with Gasteiger partial charge in [0.15, 0.2) is 0 Å². The van der Waals surface area contributed by atoms with Gasteiger partial charge in [-0.1, -0.05) is 23.7 Å². The van der Waals surface area contributed by atoms with Crippen LogP contribution >= 0.6 is 11.6 Å². The highest BCUT2D eigenvalue weighted by Crippen LogP contribution is 2.39. The molecule has 1 aliphatic rings. The third-order valence-electron chi connectivity index (χ3n) is 3.69. The summed E-state index contributed by atoms with van der Waals surface area (Å²) in [7, 11) is 0. The molecule has 0 aliphatic carbocycles. The molecule has 1 heterocycles. The summed E-state index contributed by atoms with van der Waals surface area (Å²) in [5.74, 6) is -1.67. The minimum absolute atomic E-state index is 0.0678. The fourth-order valence-corrected chi connectivity index (χ4v) is 2.88. The molecule has 0 saturated carbocycles. The van der Waals surface area contributed by atoms with Crippen molar-refractivity contribution in [3.05, 3.63) is 59.2 Å². The number of amides is 2. The minimum Gasteiger partial charge on any atom is -0.478 e. The van der Waals surface area contributed by atoms with E-state index in [-0.39, 0.29) is 22.1 Å². The average molecular weight is 357 g/mol. The van der Waals surface area contributed by atoms with Crippen LogP contribution in [0.15, 0.2) is 42.5 Å². The van der Waals surface area contributed by atoms with E-state index in [0.717, 1.165) is 0 Å². The van der Waals surface area contributed by atoms with Crippen molar-refractivity contribution in [3.8, 4) is 0 Å². The number of halogens is 1. The Hall–Kier alpha value is -3.12. The number of aromatic carboxylic acids is 1. The number of rotatable bonds is 3. The lowest BCUT2D eigenvalue weighted by atomic mass is 10.0. The first-order chi connectivity index (χ1) is 11.9. The van der Waals surface area contributed by atoms with E-state index in [0.29, 0.717) is 22.5 Å². The molecule has 3 rings (SSSR count). The molecule has 1 aliphatic heterocycles. The van der Waals surface area contributed by atoms with Crippen molar-refractivity contribution in [1.82, 2.24) is 0 Å². The second-order valence-corrected chi connectivity index (χ2v) is 5.85. The van der Waals surface area contributed by atoms with Crippen molar-refractivity contribution < 1.29 is 19.5 Å². The highest BCUT2D eigenvalue weighted by Gasteiger charge is 2.28. The quantitative estimate of drug-likeness (QED) is 0.734. The van der Waals surface area contributed by atoms with E-state index in [2.05, 4.69) is 10.6 Å². The summed E-state index contributed by atoms with van der Waals surface area (Å²) in [5.41, 5.74) is 2.42. The number of hydrogen-bond donors (Lipinski definition) is 3. The Morgan fingerprint density at radius 1 is 1.08 bits per heavy atom. The van der Waals surface area contributed by atoms with Gasteiger partial charge in [0.25, 0.3) is 5.91 Å². The van der Waals surface area contributed by atoms with Crippen LogP contribution in [-0.2, 0) is 9.59 Å². The second kappa shape index (κ2) is 6.41. The van der Waals surface area contributed by atoms with Gasteiger partial charge in [-0.3, -0.25) is 9.59 Å². The van der Waals surface area contributed by atoms with Crippen LogP contribution in [0.25, 0.3) is 10.6 Å². The zero-order valence-corrected chi connectivity index (χ0v) is 13.8. The van der Waals surface area contributed by atoms with E-state index in [4.69, 9.17) is 16.7 Å². The van der Waals surface area contributed by atoms with Crippen LogP contribution in [0.2, 0.25) is 0 Å². The van der Waals surface area contributed by atoms with Gasteiger partial charge in [0.05, 0.1) is 16.2 Å². The summed E-state index contributed by atoms with van der Waals surface area (Å²) >= 11 is 6.41. The van der Waals surface area contributed by atoms with Crippen LogP contribution < -0.4 is 10.6 Å². The number of carboxylic acid groups (broad SMARTS) is 1. The first-order valence-corrected chi connectivity index (χ1v) is 7.71. The van der Waals surface area contributed by atoms with Gasteiger partial charge in [-0.25, -0.2) is 4.79 Å². The molecule has 0 unspecified atom stereocenters. The maximum Gasteiger partial charge on any atom is 0.335 e. The first-order valence-electron chi connectivity index (χ1n) is 7.33. The summed E-state index contributed by atoms with van der Waals surface area (Å²) in [5, 5.41) is 14.7. The minimum atomic E-state index is -1.09. The number of carbonyl (C=O) groups excluding carboxylic acids is 2. The van der Waals surface area contributed by atoms with Crippen LogP contribution in [0.4, 0.5) is 11.4 Å². The molecule has 0 aromatic heterocycles. The molecule has 2 amide bonds. The third-order valence-corrected chi connectivity index (χ3v) is 4.10. The van der Waals surface area contributed by atoms with Crippen LogP contribution in [0.5, 0.6) is 0 Å². The molecule has 7 heteroatoms. The Kier molecular flexibility index (Phi) is 4.29. The van der Waals surface area contributed by atoms with Crippen molar-refractivity contribution in [2.45, 2.75) is 6.92 Å². The van der Waals surface area contributed by atoms with Gasteiger partial charge in [0.1, 0.15) is 0 Å². The summed E-state index contributed by atoms with van der Waals surface area (Å²) in [6.07, 6.45) is 0. The number of nitrogens with one attached hydrogen (secondary N) is 2. The average Bonchev–Trinajstić information content (AvgIpc) is 2.89. The normalized spacial score (nSPS) is 14.6. The number of carboxylic acids is 1. The van der Waals surface area contributed by atoms with E-state index in [1.807, 2.05) is 0 Å². The van der Waals surface area contributed by atoms with Crippen LogP contribution in [0, 0.1) is 0 Å². The van der Waals surface area contributed by atoms with Crippen LogP contribution in [0.3, 0.4) is 0 Å². The second-order valence-electron chi connectivity index (χ2n) is 5.47. The van der Waals surface area contributed by atoms with E-state index in [1.165, 1.54) is 25.1 Å². The molecule has 0 saturated heterocycles.